The fourth-order valence-electron chi connectivity index (χ4n) is 2.47. The lowest BCUT2D eigenvalue weighted by molar-refractivity contribution is -0.00000322. The number of hydrogen-bond acceptors (Lipinski definition) is 1. The summed E-state index contributed by atoms with van der Waals surface area (Å²) in [5.74, 6) is 0. The van der Waals surface area contributed by atoms with Gasteiger partial charge in [0.15, 0.2) is 0 Å². The number of fused-ring (bicyclic) bond motifs is 3. The summed E-state index contributed by atoms with van der Waals surface area (Å²) in [6.07, 6.45) is 1.15. The van der Waals surface area contributed by atoms with Crippen molar-refractivity contribution < 1.29 is 12.4 Å². The Morgan fingerprint density at radius 3 is 2.94 bits per heavy atom. The van der Waals surface area contributed by atoms with Crippen molar-refractivity contribution in [2.24, 2.45) is 0 Å². The summed E-state index contributed by atoms with van der Waals surface area (Å²) >= 11 is 0. The number of nitrogens with one attached hydrogen (secondary N) is 1. The Kier molecular flexibility index (Phi) is 2.96. The highest BCUT2D eigenvalue weighted by atomic mass is 35.5. The highest BCUT2D eigenvalue weighted by molar-refractivity contribution is 5.85. The summed E-state index contributed by atoms with van der Waals surface area (Å²) in [5.41, 5.74) is 5.57. The molecule has 1 aliphatic rings. The largest absolute Gasteiger partial charge is 1.00 e. The molecule has 0 unspecified atom stereocenters. The Morgan fingerprint density at radius 1 is 1.31 bits per heavy atom. The van der Waals surface area contributed by atoms with Crippen molar-refractivity contribution in [3.8, 4) is 0 Å². The summed E-state index contributed by atoms with van der Waals surface area (Å²) < 4.78 is 0. The average molecular weight is 236 g/mol. The van der Waals surface area contributed by atoms with Crippen molar-refractivity contribution in [1.29, 1.82) is 0 Å². The first-order chi connectivity index (χ1) is 7.24. The lowest BCUT2D eigenvalue weighted by Crippen LogP contribution is -3.00. The van der Waals surface area contributed by atoms with Gasteiger partial charge < -0.3 is 22.3 Å². The van der Waals surface area contributed by atoms with Crippen LogP contribution in [0.5, 0.6) is 0 Å². The predicted octanol–water partition coefficient (Wildman–Crippen LogP) is -0.532. The van der Waals surface area contributed by atoms with Crippen molar-refractivity contribution in [3.63, 3.8) is 0 Å². The van der Waals surface area contributed by atoms with Crippen LogP contribution in [-0.4, -0.2) is 23.5 Å². The lowest BCUT2D eigenvalue weighted by Gasteiger charge is -2.22. The number of aromatic amines is 1. The molecule has 1 aliphatic heterocycles. The molecule has 0 bridgehead atoms. The summed E-state index contributed by atoms with van der Waals surface area (Å²) in [5, 5.41) is 1.40. The number of benzene rings is 1. The highest BCUT2D eigenvalue weighted by Crippen LogP contribution is 2.27. The van der Waals surface area contributed by atoms with E-state index < -0.39 is 0 Å². The highest BCUT2D eigenvalue weighted by Gasteiger charge is 2.17. The molecule has 0 atom stereocenters. The molecule has 86 valence electrons. The van der Waals surface area contributed by atoms with Crippen LogP contribution in [0, 0.1) is 6.92 Å². The van der Waals surface area contributed by atoms with Crippen LogP contribution in [0.25, 0.3) is 10.9 Å². The SMILES string of the molecule is Cc1ccc2c3c([nH]c2c1)CCN(C)C3.[Cl-]. The van der Waals surface area contributed by atoms with Gasteiger partial charge in [-0.1, -0.05) is 12.1 Å². The van der Waals surface area contributed by atoms with Crippen molar-refractivity contribution >= 4 is 10.9 Å². The minimum absolute atomic E-state index is 0. The Morgan fingerprint density at radius 2 is 2.12 bits per heavy atom. The van der Waals surface area contributed by atoms with Gasteiger partial charge in [0.25, 0.3) is 0 Å². The summed E-state index contributed by atoms with van der Waals surface area (Å²) in [7, 11) is 2.19. The van der Waals surface area contributed by atoms with E-state index in [1.54, 1.807) is 0 Å². The molecular formula is C13H16ClN2-. The first kappa shape index (κ1) is 11.5. The third kappa shape index (κ3) is 1.72. The van der Waals surface area contributed by atoms with E-state index in [4.69, 9.17) is 0 Å². The van der Waals surface area contributed by atoms with Gasteiger partial charge in [-0.05, 0) is 31.2 Å². The number of aromatic nitrogens is 1. The van der Waals surface area contributed by atoms with Crippen molar-refractivity contribution in [2.45, 2.75) is 19.9 Å². The first-order valence-corrected chi connectivity index (χ1v) is 5.52. The van der Waals surface area contributed by atoms with E-state index >= 15 is 0 Å². The van der Waals surface area contributed by atoms with Gasteiger partial charge in [-0.3, -0.25) is 0 Å². The Bertz CT molecular complexity index is 516. The first-order valence-electron chi connectivity index (χ1n) is 5.52. The standard InChI is InChI=1S/C13H16N2.ClH/c1-9-3-4-10-11-8-15(2)6-5-12(11)14-13(10)7-9;/h3-4,7,14H,5-6,8H2,1-2H3;1H/p-1. The smallest absolute Gasteiger partial charge is 0.0462 e. The van der Waals surface area contributed by atoms with E-state index in [9.17, 15) is 0 Å². The van der Waals surface area contributed by atoms with E-state index in [-0.39, 0.29) is 12.4 Å². The van der Waals surface area contributed by atoms with Crippen LogP contribution in [0.4, 0.5) is 0 Å². The topological polar surface area (TPSA) is 19.0 Å². The molecule has 0 amide bonds. The van der Waals surface area contributed by atoms with Crippen LogP contribution in [0.2, 0.25) is 0 Å². The molecule has 1 N–H and O–H groups in total. The molecule has 2 heterocycles. The van der Waals surface area contributed by atoms with Crippen LogP contribution in [0.15, 0.2) is 18.2 Å². The number of aryl methyl sites for hydroxylation is 1. The predicted molar refractivity (Wildman–Crippen MR) is 63.1 cm³/mol. The number of rotatable bonds is 0. The second kappa shape index (κ2) is 4.11. The molecule has 0 fully saturated rings. The van der Waals surface area contributed by atoms with E-state index in [0.29, 0.717) is 0 Å². The molecule has 3 heteroatoms. The number of hydrogen-bond donors (Lipinski definition) is 1. The van der Waals surface area contributed by atoms with Gasteiger partial charge in [-0.25, -0.2) is 0 Å². The van der Waals surface area contributed by atoms with Gasteiger partial charge in [0, 0.05) is 36.1 Å². The molecule has 0 saturated carbocycles. The van der Waals surface area contributed by atoms with E-state index in [1.165, 1.54) is 34.3 Å². The van der Waals surface area contributed by atoms with Gasteiger partial charge in [-0.15, -0.1) is 0 Å². The fraction of sp³-hybridized carbons (Fsp3) is 0.385. The molecule has 0 saturated heterocycles. The number of likely N-dealkylation sites (N-methyl/N-ethyl adjacent to an activating group) is 1. The molecule has 1 aromatic carbocycles. The van der Waals surface area contributed by atoms with Crippen molar-refractivity contribution in [3.05, 3.63) is 35.0 Å². The number of H-pyrrole nitrogens is 1. The van der Waals surface area contributed by atoms with Crippen molar-refractivity contribution in [1.82, 2.24) is 9.88 Å². The van der Waals surface area contributed by atoms with Crippen LogP contribution in [0.3, 0.4) is 0 Å². The van der Waals surface area contributed by atoms with Crippen LogP contribution in [-0.2, 0) is 13.0 Å². The Labute approximate surface area is 102 Å². The molecule has 16 heavy (non-hydrogen) atoms. The van der Waals surface area contributed by atoms with Gasteiger partial charge in [0.2, 0.25) is 0 Å². The summed E-state index contributed by atoms with van der Waals surface area (Å²) in [6.45, 7) is 4.39. The minimum Gasteiger partial charge on any atom is -1.00 e. The monoisotopic (exact) mass is 235 g/mol. The maximum Gasteiger partial charge on any atom is 0.0462 e. The zero-order chi connectivity index (χ0) is 10.4. The second-order valence-corrected chi connectivity index (χ2v) is 4.62. The molecule has 1 aromatic heterocycles. The Balaban J connectivity index is 0.000000963. The second-order valence-electron chi connectivity index (χ2n) is 4.62. The third-order valence-corrected chi connectivity index (χ3v) is 3.32. The van der Waals surface area contributed by atoms with Gasteiger partial charge in [0.05, 0.1) is 0 Å². The molecule has 0 spiro atoms. The Hall–Kier alpha value is -0.990. The zero-order valence-electron chi connectivity index (χ0n) is 9.68. The van der Waals surface area contributed by atoms with E-state index in [0.717, 1.165) is 13.0 Å². The van der Waals surface area contributed by atoms with Crippen LogP contribution in [0.1, 0.15) is 16.8 Å². The average Bonchev–Trinajstić information content (AvgIpc) is 2.54. The molecule has 2 nitrogen and oxygen atoms in total. The molecule has 3 rings (SSSR count). The minimum atomic E-state index is 0. The van der Waals surface area contributed by atoms with Gasteiger partial charge in [-0.2, -0.15) is 0 Å². The molecular weight excluding hydrogens is 220 g/mol. The van der Waals surface area contributed by atoms with Crippen molar-refractivity contribution in [2.75, 3.05) is 13.6 Å². The third-order valence-electron chi connectivity index (χ3n) is 3.32. The maximum atomic E-state index is 3.55. The van der Waals surface area contributed by atoms with E-state index in [1.807, 2.05) is 0 Å². The van der Waals surface area contributed by atoms with E-state index in [2.05, 4.69) is 42.1 Å². The quantitative estimate of drug-likeness (QED) is 0.651. The number of halogens is 1. The summed E-state index contributed by atoms with van der Waals surface area (Å²) in [4.78, 5) is 5.94. The molecule has 2 aromatic rings. The molecule has 0 aliphatic carbocycles. The number of nitrogens with zero attached hydrogens (tertiary/aromatic N) is 1. The fourth-order valence-corrected chi connectivity index (χ4v) is 2.47. The zero-order valence-corrected chi connectivity index (χ0v) is 10.4. The normalized spacial score (nSPS) is 15.9. The van der Waals surface area contributed by atoms with Gasteiger partial charge >= 0.3 is 0 Å². The summed E-state index contributed by atoms with van der Waals surface area (Å²) in [6, 6.07) is 6.69. The van der Waals surface area contributed by atoms with Crippen LogP contribution >= 0.6 is 0 Å². The van der Waals surface area contributed by atoms with Gasteiger partial charge in [0.1, 0.15) is 0 Å². The lowest BCUT2D eigenvalue weighted by atomic mass is 10.0. The van der Waals surface area contributed by atoms with Crippen LogP contribution < -0.4 is 12.4 Å². The molecule has 0 radical (unpaired) electrons. The maximum absolute atomic E-state index is 3.55.